The van der Waals surface area contributed by atoms with E-state index in [-0.39, 0.29) is 11.1 Å². The molecule has 0 aliphatic heterocycles. The predicted molar refractivity (Wildman–Crippen MR) is 87.1 cm³/mol. The molecule has 122 valence electrons. The summed E-state index contributed by atoms with van der Waals surface area (Å²) in [6.07, 6.45) is 1.48. The van der Waals surface area contributed by atoms with Crippen molar-refractivity contribution in [3.63, 3.8) is 0 Å². The number of hydrogen-bond acceptors (Lipinski definition) is 3. The largest absolute Gasteiger partial charge is 0.455 e. The maximum Gasteiger partial charge on any atom is 0.252 e. The van der Waals surface area contributed by atoms with Crippen LogP contribution in [0.3, 0.4) is 0 Å². The van der Waals surface area contributed by atoms with E-state index in [0.717, 1.165) is 6.07 Å². The Morgan fingerprint density at radius 1 is 1.25 bits per heavy atom. The lowest BCUT2D eigenvalue weighted by Crippen LogP contribution is -2.11. The summed E-state index contributed by atoms with van der Waals surface area (Å²) in [5.41, 5.74) is 6.32. The minimum atomic E-state index is -0.794. The highest BCUT2D eigenvalue weighted by Crippen LogP contribution is 2.31. The summed E-state index contributed by atoms with van der Waals surface area (Å²) in [7, 11) is 0. The van der Waals surface area contributed by atoms with Gasteiger partial charge in [-0.2, -0.15) is 0 Å². The number of carbonyl (C=O) groups is 1. The van der Waals surface area contributed by atoms with Crippen LogP contribution in [-0.4, -0.2) is 5.91 Å². The quantitative estimate of drug-likeness (QED) is 0.750. The third kappa shape index (κ3) is 2.86. The van der Waals surface area contributed by atoms with Crippen molar-refractivity contribution in [3.8, 4) is 11.3 Å². The molecule has 3 aromatic rings. The van der Waals surface area contributed by atoms with E-state index in [9.17, 15) is 13.6 Å². The number of amides is 1. The fourth-order valence-electron chi connectivity index (χ4n) is 2.47. The number of hydrogen-bond donors (Lipinski definition) is 2. The summed E-state index contributed by atoms with van der Waals surface area (Å²) in [5, 5.41) is 3.21. The van der Waals surface area contributed by atoms with Gasteiger partial charge in [0, 0.05) is 23.1 Å². The number of primary amides is 1. The minimum absolute atomic E-state index is 0.0523. The summed E-state index contributed by atoms with van der Waals surface area (Å²) in [5.74, 6) is -1.48. The van der Waals surface area contributed by atoms with Gasteiger partial charge < -0.3 is 15.5 Å². The zero-order valence-electron chi connectivity index (χ0n) is 12.6. The molecule has 0 radical (unpaired) electrons. The molecule has 1 aromatic heterocycles. The molecule has 0 fully saturated rings. The zero-order valence-corrected chi connectivity index (χ0v) is 12.6. The van der Waals surface area contributed by atoms with Crippen LogP contribution in [0.5, 0.6) is 0 Å². The van der Waals surface area contributed by atoms with Gasteiger partial charge in [-0.1, -0.05) is 18.7 Å². The van der Waals surface area contributed by atoms with Crippen molar-refractivity contribution >= 4 is 16.9 Å². The van der Waals surface area contributed by atoms with E-state index < -0.39 is 17.5 Å². The molecule has 0 bridgehead atoms. The van der Waals surface area contributed by atoms with Crippen LogP contribution < -0.4 is 11.1 Å². The summed E-state index contributed by atoms with van der Waals surface area (Å²) in [4.78, 5) is 11.4. The standard InChI is InChI=1S/C18H14F2N2O2/c1-2-22-9-11-4-3-10(6-15(11)20)16-7-12-5-13(19)8-14(18(21)23)17(12)24-16/h2-8,22H,1,9H2,(H2,21,23). The van der Waals surface area contributed by atoms with Gasteiger partial charge in [-0.3, -0.25) is 4.79 Å². The Kier molecular flexibility index (Phi) is 4.04. The molecular formula is C18H14F2N2O2. The van der Waals surface area contributed by atoms with Crippen molar-refractivity contribution in [1.29, 1.82) is 0 Å². The van der Waals surface area contributed by atoms with Crippen LogP contribution in [0, 0.1) is 11.6 Å². The molecule has 0 atom stereocenters. The lowest BCUT2D eigenvalue weighted by atomic mass is 10.1. The fraction of sp³-hybridized carbons (Fsp3) is 0.0556. The number of furan rings is 1. The molecule has 0 saturated carbocycles. The van der Waals surface area contributed by atoms with Crippen LogP contribution in [-0.2, 0) is 6.54 Å². The molecule has 3 N–H and O–H groups in total. The van der Waals surface area contributed by atoms with Crippen molar-refractivity contribution in [2.75, 3.05) is 0 Å². The van der Waals surface area contributed by atoms with E-state index in [4.69, 9.17) is 10.2 Å². The van der Waals surface area contributed by atoms with Crippen LogP contribution in [0.25, 0.3) is 22.3 Å². The first kappa shape index (κ1) is 15.7. The predicted octanol–water partition coefficient (Wildman–Crippen LogP) is 3.71. The first-order chi connectivity index (χ1) is 11.5. The Balaban J connectivity index is 2.07. The Labute approximate surface area is 136 Å². The normalized spacial score (nSPS) is 10.8. The lowest BCUT2D eigenvalue weighted by molar-refractivity contribution is 0.100. The number of nitrogens with two attached hydrogens (primary N) is 1. The molecule has 0 aliphatic carbocycles. The molecule has 1 heterocycles. The highest BCUT2D eigenvalue weighted by atomic mass is 19.1. The summed E-state index contributed by atoms with van der Waals surface area (Å²) >= 11 is 0. The van der Waals surface area contributed by atoms with Crippen molar-refractivity contribution < 1.29 is 18.0 Å². The third-order valence-electron chi connectivity index (χ3n) is 3.62. The van der Waals surface area contributed by atoms with E-state index in [1.54, 1.807) is 18.2 Å². The second-order valence-corrected chi connectivity index (χ2v) is 5.24. The number of benzene rings is 2. The first-order valence-corrected chi connectivity index (χ1v) is 7.15. The van der Waals surface area contributed by atoms with Crippen LogP contribution in [0.2, 0.25) is 0 Å². The molecule has 1 amide bonds. The topological polar surface area (TPSA) is 68.3 Å². The molecule has 24 heavy (non-hydrogen) atoms. The van der Waals surface area contributed by atoms with Crippen LogP contribution >= 0.6 is 0 Å². The monoisotopic (exact) mass is 328 g/mol. The number of halogens is 2. The molecule has 4 nitrogen and oxygen atoms in total. The smallest absolute Gasteiger partial charge is 0.252 e. The van der Waals surface area contributed by atoms with Gasteiger partial charge >= 0.3 is 0 Å². The molecule has 3 rings (SSSR count). The minimum Gasteiger partial charge on any atom is -0.455 e. The van der Waals surface area contributed by atoms with Crippen molar-refractivity contribution in [1.82, 2.24) is 5.32 Å². The van der Waals surface area contributed by atoms with E-state index in [1.807, 2.05) is 0 Å². The summed E-state index contributed by atoms with van der Waals surface area (Å²) in [6, 6.07) is 8.40. The Bertz CT molecular complexity index is 948. The number of nitrogens with one attached hydrogen (secondary N) is 1. The Morgan fingerprint density at radius 3 is 2.71 bits per heavy atom. The van der Waals surface area contributed by atoms with E-state index in [1.165, 1.54) is 18.3 Å². The van der Waals surface area contributed by atoms with Crippen LogP contribution in [0.15, 0.2) is 53.6 Å². The average molecular weight is 328 g/mol. The van der Waals surface area contributed by atoms with E-state index in [0.29, 0.717) is 28.8 Å². The van der Waals surface area contributed by atoms with Gasteiger partial charge in [-0.25, -0.2) is 8.78 Å². The number of rotatable bonds is 5. The highest BCUT2D eigenvalue weighted by molar-refractivity contribution is 6.04. The highest BCUT2D eigenvalue weighted by Gasteiger charge is 2.16. The maximum atomic E-state index is 14.1. The Morgan fingerprint density at radius 2 is 2.04 bits per heavy atom. The van der Waals surface area contributed by atoms with Crippen LogP contribution in [0.1, 0.15) is 15.9 Å². The molecule has 0 aliphatic rings. The van der Waals surface area contributed by atoms with Gasteiger partial charge in [0.2, 0.25) is 0 Å². The molecule has 6 heteroatoms. The number of fused-ring (bicyclic) bond motifs is 1. The fourth-order valence-corrected chi connectivity index (χ4v) is 2.47. The number of carbonyl (C=O) groups excluding carboxylic acids is 1. The SMILES string of the molecule is C=CNCc1ccc(-c2cc3cc(F)cc(C(N)=O)c3o2)cc1F. The van der Waals surface area contributed by atoms with Crippen molar-refractivity contribution in [3.05, 3.63) is 71.9 Å². The molecule has 0 unspecified atom stereocenters. The van der Waals surface area contributed by atoms with Gasteiger partial charge in [-0.05, 0) is 30.5 Å². The molecule has 2 aromatic carbocycles. The average Bonchev–Trinajstić information content (AvgIpc) is 2.96. The molecular weight excluding hydrogens is 314 g/mol. The van der Waals surface area contributed by atoms with Crippen molar-refractivity contribution in [2.24, 2.45) is 5.73 Å². The zero-order chi connectivity index (χ0) is 17.3. The first-order valence-electron chi connectivity index (χ1n) is 7.15. The lowest BCUT2D eigenvalue weighted by Gasteiger charge is -2.05. The van der Waals surface area contributed by atoms with Gasteiger partial charge in [0.25, 0.3) is 5.91 Å². The summed E-state index contributed by atoms with van der Waals surface area (Å²) < 4.78 is 33.3. The van der Waals surface area contributed by atoms with Gasteiger partial charge in [0.1, 0.15) is 23.0 Å². The van der Waals surface area contributed by atoms with Gasteiger partial charge in [0.05, 0.1) is 5.56 Å². The van der Waals surface area contributed by atoms with E-state index in [2.05, 4.69) is 11.9 Å². The maximum absolute atomic E-state index is 14.1. The molecule has 0 spiro atoms. The third-order valence-corrected chi connectivity index (χ3v) is 3.62. The van der Waals surface area contributed by atoms with Gasteiger partial charge in [-0.15, -0.1) is 0 Å². The molecule has 0 saturated heterocycles. The second-order valence-electron chi connectivity index (χ2n) is 5.24. The summed E-state index contributed by atoms with van der Waals surface area (Å²) in [6.45, 7) is 3.82. The van der Waals surface area contributed by atoms with E-state index >= 15 is 0 Å². The Hall–Kier alpha value is -3.15. The van der Waals surface area contributed by atoms with Crippen LogP contribution in [0.4, 0.5) is 8.78 Å². The van der Waals surface area contributed by atoms with Crippen molar-refractivity contribution in [2.45, 2.75) is 6.54 Å². The second kappa shape index (κ2) is 6.16. The van der Waals surface area contributed by atoms with Gasteiger partial charge in [0.15, 0.2) is 0 Å².